The number of aryl methyl sites for hydroxylation is 4. The van der Waals surface area contributed by atoms with Gasteiger partial charge in [0.2, 0.25) is 34.2 Å². The molecule has 4 aromatic heterocycles. The van der Waals surface area contributed by atoms with Gasteiger partial charge in [-0.25, -0.2) is 4.57 Å². The summed E-state index contributed by atoms with van der Waals surface area (Å²) in [5, 5.41) is 8.10. The number of fused-ring (bicyclic) bond motifs is 8. The summed E-state index contributed by atoms with van der Waals surface area (Å²) in [6.07, 6.45) is 22.9. The van der Waals surface area contributed by atoms with E-state index in [1.54, 1.807) is 39.3 Å². The predicted octanol–water partition coefficient (Wildman–Crippen LogP) is 12.1. The van der Waals surface area contributed by atoms with Crippen molar-refractivity contribution in [2.24, 2.45) is 4.99 Å². The Balaban J connectivity index is 0.000000156. The van der Waals surface area contributed by atoms with Crippen LogP contribution in [-0.2, 0) is 31.0 Å². The topological polar surface area (TPSA) is 88.8 Å². The monoisotopic (exact) mass is 2190 g/mol. The molecule has 9 heterocycles. The lowest BCUT2D eigenvalue weighted by Crippen LogP contribution is -3.00. The highest BCUT2D eigenvalue weighted by Crippen LogP contribution is 2.48. The molecule has 0 bridgehead atoms. The minimum Gasteiger partial charge on any atom is -1.00 e. The molecule has 5 aliphatic rings. The van der Waals surface area contributed by atoms with Crippen molar-refractivity contribution in [1.29, 1.82) is 0 Å². The zero-order valence-electron chi connectivity index (χ0n) is 67.7. The number of nitrogens with zero attached hydrogens (tertiary/aromatic N) is 10. The molecule has 18 rings (SSSR count). The number of carbonyl (C=O) groups excluding carboxylic acids is 1. The number of amidine groups is 1. The fraction of sp³-hybridized carbons (Fsp3) is 0.191. The summed E-state index contributed by atoms with van der Waals surface area (Å²) >= 11 is 22.5. The molecule has 0 unspecified atom stereocenters. The third kappa shape index (κ3) is 20.1. The highest BCUT2D eigenvalue weighted by atomic mass is 127. The Bertz CT molecular complexity index is 6150. The predicted molar refractivity (Wildman–Crippen MR) is 491 cm³/mol. The number of allylic oxidation sites excluding steroid dienone is 8. The van der Waals surface area contributed by atoms with Gasteiger partial charge in [-0.15, -0.1) is 0 Å². The Labute approximate surface area is 805 Å². The van der Waals surface area contributed by atoms with Crippen LogP contribution in [0.1, 0.15) is 77.3 Å². The molecule has 9 aromatic carbocycles. The number of hydrogen-bond donors (Lipinski definition) is 0. The Morgan fingerprint density at radius 2 is 0.825 bits per heavy atom. The molecule has 0 aliphatic carbocycles. The average molecular weight is 2190 g/mol. The van der Waals surface area contributed by atoms with Gasteiger partial charge in [-0.2, -0.15) is 13.7 Å². The average Bonchev–Trinajstić information content (AvgIpc) is 1.61. The second-order valence-electron chi connectivity index (χ2n) is 26.8. The van der Waals surface area contributed by atoms with Gasteiger partial charge in [-0.05, 0) is 229 Å². The van der Waals surface area contributed by atoms with Crippen LogP contribution in [0.5, 0.6) is 17.2 Å². The van der Waals surface area contributed by atoms with Gasteiger partial charge in [-0.3, -0.25) is 9.69 Å². The van der Waals surface area contributed by atoms with Crippen molar-refractivity contribution in [2.75, 3.05) is 52.3 Å². The number of aliphatic imine (C=N–C) groups is 1. The first-order valence-electron chi connectivity index (χ1n) is 39.3. The normalized spacial score (nSPS) is 15.7. The first-order chi connectivity index (χ1) is 56.8. The minimum atomic E-state index is -0.0270. The summed E-state index contributed by atoms with van der Waals surface area (Å²) in [5.41, 5.74) is 12.1. The molecule has 120 heavy (non-hydrogen) atoms. The molecular weight excluding hydrogens is 2100 g/mol. The molecule has 618 valence electrons. The van der Waals surface area contributed by atoms with Gasteiger partial charge in [0.05, 0.1) is 49.5 Å². The van der Waals surface area contributed by atoms with Crippen molar-refractivity contribution in [2.45, 2.75) is 93.4 Å². The lowest BCUT2D eigenvalue weighted by atomic mass is 10.0. The summed E-state index contributed by atoms with van der Waals surface area (Å²) in [7, 11) is 0. The zero-order chi connectivity index (χ0) is 80.3. The smallest absolute Gasteiger partial charge is 0.386 e. The number of halogens is 6. The summed E-state index contributed by atoms with van der Waals surface area (Å²) in [5.74, 6) is 5.12. The second kappa shape index (κ2) is 43.6. The number of anilines is 4. The molecular formula is C94H90Cl2I4N10O4S6. The first kappa shape index (κ1) is 93.1. The van der Waals surface area contributed by atoms with Crippen molar-refractivity contribution >= 4 is 190 Å². The van der Waals surface area contributed by atoms with Crippen LogP contribution in [0.4, 0.5) is 27.9 Å². The highest BCUT2D eigenvalue weighted by Gasteiger charge is 2.38. The Kier molecular flexibility index (Phi) is 33.9. The number of aromatic nitrogens is 4. The number of rotatable bonds is 18. The van der Waals surface area contributed by atoms with E-state index in [0.29, 0.717) is 16.6 Å². The molecule has 0 atom stereocenters. The van der Waals surface area contributed by atoms with Crippen LogP contribution in [-0.4, -0.2) is 48.7 Å². The van der Waals surface area contributed by atoms with Crippen molar-refractivity contribution in [1.82, 2.24) is 4.90 Å². The van der Waals surface area contributed by atoms with E-state index >= 15 is 0 Å². The summed E-state index contributed by atoms with van der Waals surface area (Å²) in [4.78, 5) is 30.4. The minimum absolute atomic E-state index is 0. The van der Waals surface area contributed by atoms with Crippen LogP contribution in [0.25, 0.3) is 70.2 Å². The summed E-state index contributed by atoms with van der Waals surface area (Å²) < 4.78 is 32.4. The number of ether oxygens (including phenoxy) is 3. The van der Waals surface area contributed by atoms with Crippen LogP contribution >= 0.6 is 92.1 Å². The number of thiazole rings is 4. The number of amides is 1. The van der Waals surface area contributed by atoms with Crippen molar-refractivity contribution in [3.8, 4) is 28.4 Å². The molecule has 26 heteroatoms. The molecule has 14 nitrogen and oxygen atoms in total. The summed E-state index contributed by atoms with van der Waals surface area (Å²) in [6, 6.07) is 70.5. The quantitative estimate of drug-likeness (QED) is 0.0470. The fourth-order valence-corrected chi connectivity index (χ4v) is 22.0. The largest absolute Gasteiger partial charge is 1.00 e. The SMILES string of the molecule is CCN1/C(=C/C=C/c2sc3cc(Cl)ccc3[n+]2CC)Sc2cc(Cl)ccc21.CCN1C(=CC=Cc2sc3cccc(-c4ccccc4)c3[n+]2CC)Oc2ccccc21.CCN1C(=CC=Cc2sc3ccccc3[n+]2CC)Oc2ccccc21.CCN1C(=O)/C(=C\C=C2/Oc3ccccc3N2CC)SC1=Nc1sc2ccccc2[n+]1CC.[I-].[I-].[I-].[I-]. The molecule has 13 aromatic rings. The third-order valence-electron chi connectivity index (χ3n) is 20.1. The Morgan fingerprint density at radius 1 is 0.383 bits per heavy atom. The van der Waals surface area contributed by atoms with E-state index in [1.165, 1.54) is 94.4 Å². The van der Waals surface area contributed by atoms with Crippen molar-refractivity contribution in [3.63, 3.8) is 0 Å². The highest BCUT2D eigenvalue weighted by molar-refractivity contribution is 8.18. The van der Waals surface area contributed by atoms with Crippen molar-refractivity contribution < 1.29 is 133 Å². The maximum absolute atomic E-state index is 13.1. The molecule has 1 amide bonds. The van der Waals surface area contributed by atoms with Crippen LogP contribution in [0.2, 0.25) is 10.0 Å². The number of hydrogen-bond acceptors (Lipinski definition) is 15. The Morgan fingerprint density at radius 3 is 1.38 bits per heavy atom. The van der Waals surface area contributed by atoms with E-state index in [2.05, 4.69) is 257 Å². The molecule has 0 spiro atoms. The van der Waals surface area contributed by atoms with Gasteiger partial charge in [0, 0.05) is 84.1 Å². The maximum Gasteiger partial charge on any atom is 0.386 e. The van der Waals surface area contributed by atoms with E-state index < -0.39 is 0 Å². The summed E-state index contributed by atoms with van der Waals surface area (Å²) in [6.45, 7) is 26.8. The van der Waals surface area contributed by atoms with Crippen LogP contribution < -0.4 is 148 Å². The number of para-hydroxylation sites is 9. The van der Waals surface area contributed by atoms with Crippen LogP contribution in [0.15, 0.2) is 292 Å². The van der Waals surface area contributed by atoms with Crippen LogP contribution in [0, 0.1) is 0 Å². The van der Waals surface area contributed by atoms with Crippen molar-refractivity contribution in [3.05, 3.63) is 308 Å². The number of thioether (sulfide) groups is 2. The number of carbonyl (C=O) groups is 1. The van der Waals surface area contributed by atoms with E-state index in [9.17, 15) is 4.79 Å². The van der Waals surface area contributed by atoms with Gasteiger partial charge in [-0.1, -0.05) is 172 Å². The van der Waals surface area contributed by atoms with Gasteiger partial charge in [0.1, 0.15) is 39.3 Å². The number of likely N-dealkylation sites (N-methyl/N-ethyl adjacent to an activating group) is 1. The third-order valence-corrected chi connectivity index (χ3v) is 27.1. The molecule has 0 saturated carbocycles. The standard InChI is InChI=1S/C27H25N2OS.C25H25N4O2S2.C21H19Cl2N2S2.C21H21N2OS.4HI/c1-3-28-22-15-8-9-16-23(22)30-25(28)18-11-19-26-29(4-2)27-21(14-10-17-24(27)31-26)20-12-6-5-7-13-20;1-4-27-17-11-7-9-13-19(17)31-22(27)16-15-21-23(30)29(6-3)25(33-21)26-24-28(5-2)18-12-8-10-14-20(18)32-24;1-3-24-16-10-8-14(22)12-18(16)26-20(24)6-5-7-21-25(4-2)17-11-9-15(23)13-19(17)27-21;1-3-22-16-10-5-7-12-18(16)24-20(22)14-9-15-21-23(4-2)17-11-6-8-13-19(17)25-21;;;;/h5-19H,3-4H2,1-2H3;7-16H,4-6H2,1-3H3;5-13H,3-4H2,1-2H3;5-15H,3-4H2,1-2H3;4*1H/q4*+1;;;;/p-4/b;21-15+,22-16-;;;;;;. The van der Waals surface area contributed by atoms with Gasteiger partial charge >= 0.3 is 5.13 Å². The lowest BCUT2D eigenvalue weighted by molar-refractivity contribution is -0.665. The molecule has 1 saturated heterocycles. The lowest BCUT2D eigenvalue weighted by Gasteiger charge is -2.17. The van der Waals surface area contributed by atoms with E-state index in [0.717, 1.165) is 119 Å². The van der Waals surface area contributed by atoms with E-state index in [-0.39, 0.29) is 102 Å². The van der Waals surface area contributed by atoms with E-state index in [4.69, 9.17) is 42.4 Å². The zero-order valence-corrected chi connectivity index (χ0v) is 82.7. The molecule has 5 aliphatic heterocycles. The fourth-order valence-electron chi connectivity index (χ4n) is 14.7. The molecule has 1 fully saturated rings. The van der Waals surface area contributed by atoms with E-state index in [1.807, 2.05) is 139 Å². The number of benzene rings is 9. The van der Waals surface area contributed by atoms with Gasteiger partial charge in [0.25, 0.3) is 26.1 Å². The first-order valence-corrected chi connectivity index (χ1v) is 45.0. The van der Waals surface area contributed by atoms with Crippen LogP contribution in [0.3, 0.4) is 0 Å². The molecule has 0 N–H and O–H groups in total. The second-order valence-corrected chi connectivity index (χ2v) is 34.0. The van der Waals surface area contributed by atoms with Gasteiger partial charge < -0.3 is 130 Å². The Hall–Kier alpha value is -7.60. The maximum atomic E-state index is 13.1. The molecule has 0 radical (unpaired) electrons. The van der Waals surface area contributed by atoms with Gasteiger partial charge in [0.15, 0.2) is 17.2 Å².